The van der Waals surface area contributed by atoms with Gasteiger partial charge in [0, 0.05) is 11.1 Å². The Balaban J connectivity index is 2.31. The molecule has 0 saturated heterocycles. The highest BCUT2D eigenvalue weighted by Crippen LogP contribution is 2.29. The second-order valence-corrected chi connectivity index (χ2v) is 4.56. The summed E-state index contributed by atoms with van der Waals surface area (Å²) >= 11 is 0. The third-order valence-electron chi connectivity index (χ3n) is 3.28. The van der Waals surface area contributed by atoms with Crippen molar-refractivity contribution in [3.05, 3.63) is 28.4 Å². The lowest BCUT2D eigenvalue weighted by atomic mass is 9.87. The first-order chi connectivity index (χ1) is 7.81. The van der Waals surface area contributed by atoms with Gasteiger partial charge in [0.05, 0.1) is 11.0 Å². The Morgan fingerprint density at radius 1 is 1.31 bits per heavy atom. The summed E-state index contributed by atoms with van der Waals surface area (Å²) in [4.78, 5) is 4.68. The van der Waals surface area contributed by atoms with Crippen molar-refractivity contribution in [3.8, 4) is 0 Å². The molecular formula is C15H19N. The molecule has 1 heteroatoms. The molecule has 0 radical (unpaired) electrons. The smallest absolute Gasteiger partial charge is 0.0941 e. The van der Waals surface area contributed by atoms with E-state index >= 15 is 0 Å². The number of nitrogens with zero attached hydrogens (tertiary/aromatic N) is 1. The van der Waals surface area contributed by atoms with Crippen LogP contribution < -0.4 is 10.6 Å². The molecule has 1 fully saturated rings. The molecule has 84 valence electrons. The number of aromatic nitrogens is 1. The average Bonchev–Trinajstić information content (AvgIpc) is 2.33. The van der Waals surface area contributed by atoms with E-state index in [0.29, 0.717) is 5.92 Å². The van der Waals surface area contributed by atoms with Crippen LogP contribution in [0.3, 0.4) is 0 Å². The highest BCUT2D eigenvalue weighted by molar-refractivity contribution is 5.21. The van der Waals surface area contributed by atoms with Gasteiger partial charge in [-0.15, -0.1) is 0 Å². The van der Waals surface area contributed by atoms with Crippen molar-refractivity contribution in [2.45, 2.75) is 51.4 Å². The van der Waals surface area contributed by atoms with Crippen LogP contribution in [0.1, 0.15) is 57.1 Å². The van der Waals surface area contributed by atoms with Gasteiger partial charge in [-0.3, -0.25) is 0 Å². The van der Waals surface area contributed by atoms with Gasteiger partial charge in [0.2, 0.25) is 0 Å². The lowest BCUT2D eigenvalue weighted by molar-refractivity contribution is 0.436. The Bertz CT molecular complexity index is 441. The Morgan fingerprint density at radius 3 is 2.75 bits per heavy atom. The Labute approximate surface area is 97.9 Å². The zero-order valence-corrected chi connectivity index (χ0v) is 10.1. The summed E-state index contributed by atoms with van der Waals surface area (Å²) in [6, 6.07) is 6.31. The number of hydrogen-bond acceptors (Lipinski definition) is 1. The second kappa shape index (κ2) is 5.16. The molecule has 0 bridgehead atoms. The lowest BCUT2D eigenvalue weighted by Gasteiger charge is -2.19. The van der Waals surface area contributed by atoms with Crippen molar-refractivity contribution in [3.63, 3.8) is 0 Å². The standard InChI is InChI=1S/C15H19N/c1-3-7-14-12(2)10-11-15(16-14)13-8-5-4-6-9-13/h7,13H,2-6,8-9H2,1H3/b14-7+. The third-order valence-corrected chi connectivity index (χ3v) is 3.28. The van der Waals surface area contributed by atoms with E-state index in [0.717, 1.165) is 22.7 Å². The molecule has 16 heavy (non-hydrogen) atoms. The lowest BCUT2D eigenvalue weighted by Crippen LogP contribution is -2.27. The Morgan fingerprint density at radius 2 is 2.06 bits per heavy atom. The van der Waals surface area contributed by atoms with Gasteiger partial charge in [-0.25, -0.2) is 4.98 Å². The van der Waals surface area contributed by atoms with Crippen LogP contribution in [0, 0.1) is 12.1 Å². The Hall–Kier alpha value is -1.29. The van der Waals surface area contributed by atoms with Gasteiger partial charge in [0.25, 0.3) is 0 Å². The largest absolute Gasteiger partial charge is 0.243 e. The van der Waals surface area contributed by atoms with Gasteiger partial charge >= 0.3 is 0 Å². The molecule has 1 nitrogen and oxygen atoms in total. The van der Waals surface area contributed by atoms with E-state index in [1.165, 1.54) is 32.1 Å². The molecule has 1 saturated carbocycles. The van der Waals surface area contributed by atoms with Crippen molar-refractivity contribution in [2.75, 3.05) is 0 Å². The van der Waals surface area contributed by atoms with Crippen LogP contribution in [-0.2, 0) is 0 Å². The minimum Gasteiger partial charge on any atom is -0.243 e. The van der Waals surface area contributed by atoms with E-state index in [1.807, 2.05) is 0 Å². The first kappa shape index (κ1) is 11.2. The van der Waals surface area contributed by atoms with Gasteiger partial charge in [-0.1, -0.05) is 44.9 Å². The zero-order valence-electron chi connectivity index (χ0n) is 10.1. The molecule has 0 aromatic carbocycles. The second-order valence-electron chi connectivity index (χ2n) is 4.56. The molecule has 1 aliphatic rings. The van der Waals surface area contributed by atoms with E-state index in [-0.39, 0.29) is 0 Å². The molecule has 1 aliphatic carbocycles. The van der Waals surface area contributed by atoms with Gasteiger partial charge in [0.1, 0.15) is 0 Å². The first-order valence-corrected chi connectivity index (χ1v) is 6.31. The highest BCUT2D eigenvalue weighted by atomic mass is 14.7. The predicted octanol–water partition coefficient (Wildman–Crippen LogP) is 2.33. The van der Waals surface area contributed by atoms with Crippen LogP contribution in [0.15, 0.2) is 0 Å². The van der Waals surface area contributed by atoms with E-state index in [2.05, 4.69) is 36.7 Å². The molecule has 0 unspecified atom stereocenters. The number of rotatable bonds is 2. The fourth-order valence-electron chi connectivity index (χ4n) is 2.36. The first-order valence-electron chi connectivity index (χ1n) is 6.31. The molecule has 0 spiro atoms. The average molecular weight is 213 g/mol. The van der Waals surface area contributed by atoms with Crippen molar-refractivity contribution < 1.29 is 0 Å². The molecule has 0 amide bonds. The van der Waals surface area contributed by atoms with Crippen LogP contribution >= 0.6 is 0 Å². The SMILES string of the molecule is C=c1c#cc(C2CCCCC2)n/c1=C/CC. The van der Waals surface area contributed by atoms with Crippen molar-refractivity contribution >= 4 is 12.7 Å². The van der Waals surface area contributed by atoms with Crippen LogP contribution in [0.25, 0.3) is 12.7 Å². The van der Waals surface area contributed by atoms with E-state index < -0.39 is 0 Å². The minimum absolute atomic E-state index is 0.606. The maximum atomic E-state index is 4.68. The van der Waals surface area contributed by atoms with E-state index in [9.17, 15) is 0 Å². The summed E-state index contributed by atoms with van der Waals surface area (Å²) in [7, 11) is 0. The maximum absolute atomic E-state index is 4.68. The van der Waals surface area contributed by atoms with E-state index in [1.54, 1.807) is 0 Å². The summed E-state index contributed by atoms with van der Waals surface area (Å²) < 4.78 is 0. The molecular weight excluding hydrogens is 194 g/mol. The monoisotopic (exact) mass is 213 g/mol. The quantitative estimate of drug-likeness (QED) is 0.735. The molecule has 1 aromatic heterocycles. The predicted molar refractivity (Wildman–Crippen MR) is 67.3 cm³/mol. The van der Waals surface area contributed by atoms with Crippen LogP contribution in [0.4, 0.5) is 0 Å². The summed E-state index contributed by atoms with van der Waals surface area (Å²) in [6.45, 7) is 6.07. The Kier molecular flexibility index (Phi) is 3.62. The summed E-state index contributed by atoms with van der Waals surface area (Å²) in [5, 5.41) is 1.88. The highest BCUT2D eigenvalue weighted by Gasteiger charge is 2.16. The van der Waals surface area contributed by atoms with Gasteiger partial charge in [-0.05, 0) is 25.3 Å². The summed E-state index contributed by atoms with van der Waals surface area (Å²) in [5.74, 6) is 0.606. The topological polar surface area (TPSA) is 12.9 Å². The van der Waals surface area contributed by atoms with Gasteiger partial charge in [-0.2, -0.15) is 0 Å². The van der Waals surface area contributed by atoms with Gasteiger partial charge < -0.3 is 0 Å². The third kappa shape index (κ3) is 2.44. The van der Waals surface area contributed by atoms with Crippen molar-refractivity contribution in [2.24, 2.45) is 0 Å². The minimum atomic E-state index is 0.606. The van der Waals surface area contributed by atoms with E-state index in [4.69, 9.17) is 0 Å². The maximum Gasteiger partial charge on any atom is 0.0941 e. The fourth-order valence-corrected chi connectivity index (χ4v) is 2.36. The molecule has 2 rings (SSSR count). The molecule has 0 atom stereocenters. The molecule has 0 N–H and O–H groups in total. The normalized spacial score (nSPS) is 18.4. The number of hydrogen-bond donors (Lipinski definition) is 0. The zero-order chi connectivity index (χ0) is 11.4. The van der Waals surface area contributed by atoms with Crippen LogP contribution in [-0.4, -0.2) is 4.98 Å². The molecule has 1 heterocycles. The van der Waals surface area contributed by atoms with Crippen LogP contribution in [0.2, 0.25) is 0 Å². The molecule has 0 aliphatic heterocycles. The van der Waals surface area contributed by atoms with Crippen molar-refractivity contribution in [1.29, 1.82) is 0 Å². The van der Waals surface area contributed by atoms with Crippen LogP contribution in [0.5, 0.6) is 0 Å². The molecule has 1 aromatic rings. The van der Waals surface area contributed by atoms with Crippen molar-refractivity contribution in [1.82, 2.24) is 4.98 Å². The van der Waals surface area contributed by atoms with Gasteiger partial charge in [0.15, 0.2) is 0 Å². The fraction of sp³-hybridized carbons (Fsp3) is 0.533. The summed E-state index contributed by atoms with van der Waals surface area (Å²) in [5.41, 5.74) is 1.10. The summed E-state index contributed by atoms with van der Waals surface area (Å²) in [6.07, 6.45) is 9.69.